The molecule has 0 spiro atoms. The monoisotopic (exact) mass is 337 g/mol. The Morgan fingerprint density at radius 3 is 2.48 bits per heavy atom. The van der Waals surface area contributed by atoms with Crippen LogP contribution < -0.4 is 4.90 Å². The lowest BCUT2D eigenvalue weighted by atomic mass is 10.0. The van der Waals surface area contributed by atoms with E-state index in [0.29, 0.717) is 28.8 Å². The number of nitrogens with zero attached hydrogens (tertiary/aromatic N) is 1. The molecule has 1 N–H and O–H groups in total. The van der Waals surface area contributed by atoms with Crippen molar-refractivity contribution in [3.63, 3.8) is 0 Å². The number of hydrogen-bond donors (Lipinski definition) is 1. The summed E-state index contributed by atoms with van der Waals surface area (Å²) in [4.78, 5) is 16.2. The lowest BCUT2D eigenvalue weighted by Gasteiger charge is -2.41. The zero-order chi connectivity index (χ0) is 16.4. The number of amides is 1. The van der Waals surface area contributed by atoms with Gasteiger partial charge in [0.25, 0.3) is 5.91 Å². The Morgan fingerprint density at radius 2 is 1.87 bits per heavy atom. The summed E-state index contributed by atoms with van der Waals surface area (Å²) in [7, 11) is 0. The van der Waals surface area contributed by atoms with Crippen LogP contribution in [0, 0.1) is 0 Å². The smallest absolute Gasteiger partial charge is 0.253 e. The van der Waals surface area contributed by atoms with Gasteiger partial charge in [-0.3, -0.25) is 4.79 Å². The number of hydrogen-bond acceptors (Lipinski definition) is 2. The minimum Gasteiger partial charge on any atom is -0.364 e. The Kier molecular flexibility index (Phi) is 5.24. The summed E-state index contributed by atoms with van der Waals surface area (Å²) in [6, 6.07) is 7.88. The molecule has 0 aliphatic carbocycles. The first-order valence-corrected chi connectivity index (χ1v) is 8.95. The van der Waals surface area contributed by atoms with Crippen molar-refractivity contribution in [1.82, 2.24) is 4.90 Å². The number of ether oxygens (including phenoxy) is 1. The summed E-state index contributed by atoms with van der Waals surface area (Å²) in [6.07, 6.45) is 2.81. The van der Waals surface area contributed by atoms with E-state index in [1.54, 1.807) is 17.0 Å². The minimum atomic E-state index is 0.102. The van der Waals surface area contributed by atoms with Gasteiger partial charge in [-0.2, -0.15) is 0 Å². The van der Waals surface area contributed by atoms with Crippen LogP contribution in [0.4, 0.5) is 0 Å². The SMILES string of the molecule is CC1C[NH+](C2CCN(C(=O)c3cccc(Cl)c3)CC2)CC(C)O1. The molecule has 2 saturated heterocycles. The van der Waals surface area contributed by atoms with E-state index in [4.69, 9.17) is 16.3 Å². The van der Waals surface area contributed by atoms with Crippen LogP contribution in [0.25, 0.3) is 0 Å². The predicted molar refractivity (Wildman–Crippen MR) is 91.1 cm³/mol. The van der Waals surface area contributed by atoms with Crippen LogP contribution >= 0.6 is 11.6 Å². The fourth-order valence-electron chi connectivity index (χ4n) is 3.94. The summed E-state index contributed by atoms with van der Waals surface area (Å²) in [6.45, 7) is 8.15. The number of carbonyl (C=O) groups is 1. The van der Waals surface area contributed by atoms with Gasteiger partial charge < -0.3 is 14.5 Å². The van der Waals surface area contributed by atoms with Crippen molar-refractivity contribution in [3.05, 3.63) is 34.9 Å². The van der Waals surface area contributed by atoms with Crippen molar-refractivity contribution in [3.8, 4) is 0 Å². The average molecular weight is 338 g/mol. The van der Waals surface area contributed by atoms with Crippen LogP contribution in [-0.2, 0) is 4.74 Å². The van der Waals surface area contributed by atoms with Crippen molar-refractivity contribution in [2.45, 2.75) is 44.9 Å². The van der Waals surface area contributed by atoms with Crippen LogP contribution in [0.1, 0.15) is 37.0 Å². The summed E-state index contributed by atoms with van der Waals surface area (Å²) < 4.78 is 5.84. The van der Waals surface area contributed by atoms with E-state index in [2.05, 4.69) is 13.8 Å². The molecular formula is C18H26ClN2O2+. The molecule has 5 heteroatoms. The normalized spacial score (nSPS) is 29.5. The number of quaternary nitrogens is 1. The Hall–Kier alpha value is -1.10. The van der Waals surface area contributed by atoms with Gasteiger partial charge in [0.1, 0.15) is 25.3 Å². The van der Waals surface area contributed by atoms with Crippen LogP contribution in [0.3, 0.4) is 0 Å². The highest BCUT2D eigenvalue weighted by molar-refractivity contribution is 6.30. The van der Waals surface area contributed by atoms with E-state index < -0.39 is 0 Å². The molecule has 2 aliphatic rings. The molecule has 126 valence electrons. The lowest BCUT2D eigenvalue weighted by Crippen LogP contribution is -3.19. The van der Waals surface area contributed by atoms with Gasteiger partial charge in [0.05, 0.1) is 6.04 Å². The highest BCUT2D eigenvalue weighted by Crippen LogP contribution is 2.16. The van der Waals surface area contributed by atoms with Gasteiger partial charge in [-0.25, -0.2) is 0 Å². The predicted octanol–water partition coefficient (Wildman–Crippen LogP) is 1.64. The molecular weight excluding hydrogens is 312 g/mol. The number of piperidine rings is 1. The Bertz CT molecular complexity index is 548. The first-order valence-electron chi connectivity index (χ1n) is 8.58. The number of rotatable bonds is 2. The quantitative estimate of drug-likeness (QED) is 0.890. The third-order valence-corrected chi connectivity index (χ3v) is 5.23. The van der Waals surface area contributed by atoms with Crippen LogP contribution in [-0.4, -0.2) is 55.2 Å². The van der Waals surface area contributed by atoms with E-state index in [1.165, 1.54) is 0 Å². The van der Waals surface area contributed by atoms with Gasteiger partial charge in [0.2, 0.25) is 0 Å². The molecule has 1 aromatic carbocycles. The third kappa shape index (κ3) is 4.06. The van der Waals surface area contributed by atoms with Gasteiger partial charge in [-0.15, -0.1) is 0 Å². The zero-order valence-corrected chi connectivity index (χ0v) is 14.7. The second-order valence-corrected chi connectivity index (χ2v) is 7.34. The number of nitrogens with one attached hydrogen (secondary N) is 1. The molecule has 1 aromatic rings. The van der Waals surface area contributed by atoms with Gasteiger partial charge in [-0.05, 0) is 32.0 Å². The summed E-state index contributed by atoms with van der Waals surface area (Å²) in [5.41, 5.74) is 0.692. The molecule has 2 fully saturated rings. The van der Waals surface area contributed by atoms with E-state index in [-0.39, 0.29) is 5.91 Å². The Labute approximate surface area is 143 Å². The van der Waals surface area contributed by atoms with E-state index in [0.717, 1.165) is 39.0 Å². The zero-order valence-electron chi connectivity index (χ0n) is 13.9. The highest BCUT2D eigenvalue weighted by atomic mass is 35.5. The topological polar surface area (TPSA) is 34.0 Å². The van der Waals surface area contributed by atoms with Crippen LogP contribution in [0.15, 0.2) is 24.3 Å². The summed E-state index contributed by atoms with van der Waals surface area (Å²) >= 11 is 5.99. The molecule has 0 radical (unpaired) electrons. The first-order chi connectivity index (χ1) is 11.0. The molecule has 1 amide bonds. The molecule has 4 nitrogen and oxygen atoms in total. The Balaban J connectivity index is 1.57. The number of morpholine rings is 1. The maximum absolute atomic E-state index is 12.6. The lowest BCUT2D eigenvalue weighted by molar-refractivity contribution is -0.940. The molecule has 0 saturated carbocycles. The van der Waals surface area contributed by atoms with E-state index >= 15 is 0 Å². The molecule has 2 unspecified atom stereocenters. The minimum absolute atomic E-state index is 0.102. The second kappa shape index (κ2) is 7.20. The molecule has 23 heavy (non-hydrogen) atoms. The van der Waals surface area contributed by atoms with Gasteiger partial charge in [0.15, 0.2) is 0 Å². The van der Waals surface area contributed by atoms with E-state index in [1.807, 2.05) is 17.0 Å². The van der Waals surface area contributed by atoms with Crippen LogP contribution in [0.5, 0.6) is 0 Å². The van der Waals surface area contributed by atoms with Crippen molar-refractivity contribution < 1.29 is 14.4 Å². The maximum atomic E-state index is 12.6. The summed E-state index contributed by atoms with van der Waals surface area (Å²) in [5, 5.41) is 0.617. The molecule has 2 atom stereocenters. The first kappa shape index (κ1) is 16.7. The molecule has 0 aromatic heterocycles. The second-order valence-electron chi connectivity index (χ2n) is 6.90. The van der Waals surface area contributed by atoms with Crippen molar-refractivity contribution >= 4 is 17.5 Å². The largest absolute Gasteiger partial charge is 0.364 e. The highest BCUT2D eigenvalue weighted by Gasteiger charge is 2.34. The number of carbonyl (C=O) groups excluding carboxylic acids is 1. The average Bonchev–Trinajstić information content (AvgIpc) is 2.53. The summed E-state index contributed by atoms with van der Waals surface area (Å²) in [5.74, 6) is 0.102. The molecule has 0 bridgehead atoms. The molecule has 2 aliphatic heterocycles. The standard InChI is InChI=1S/C18H25ClN2O2/c1-13-11-21(12-14(2)23-13)17-6-8-20(9-7-17)18(22)15-4-3-5-16(19)10-15/h3-5,10,13-14,17H,6-9,11-12H2,1-2H3/p+1. The maximum Gasteiger partial charge on any atom is 0.253 e. The van der Waals surface area contributed by atoms with Crippen molar-refractivity contribution in [2.24, 2.45) is 0 Å². The Morgan fingerprint density at radius 1 is 1.22 bits per heavy atom. The van der Waals surface area contributed by atoms with Crippen molar-refractivity contribution in [2.75, 3.05) is 26.2 Å². The van der Waals surface area contributed by atoms with Gasteiger partial charge >= 0.3 is 0 Å². The van der Waals surface area contributed by atoms with E-state index in [9.17, 15) is 4.79 Å². The third-order valence-electron chi connectivity index (χ3n) is 4.99. The number of halogens is 1. The fraction of sp³-hybridized carbons (Fsp3) is 0.611. The van der Waals surface area contributed by atoms with Gasteiger partial charge in [-0.1, -0.05) is 17.7 Å². The van der Waals surface area contributed by atoms with Crippen LogP contribution in [0.2, 0.25) is 5.02 Å². The molecule has 3 rings (SSSR count). The fourth-order valence-corrected chi connectivity index (χ4v) is 4.13. The number of likely N-dealkylation sites (tertiary alicyclic amines) is 1. The van der Waals surface area contributed by atoms with Gasteiger partial charge in [0, 0.05) is 36.5 Å². The number of benzene rings is 1. The van der Waals surface area contributed by atoms with Crippen molar-refractivity contribution in [1.29, 1.82) is 0 Å². The molecule has 2 heterocycles.